The summed E-state index contributed by atoms with van der Waals surface area (Å²) in [7, 11) is 0. The Morgan fingerprint density at radius 1 is 0.833 bits per heavy atom. The molecular weight excluding hydrogens is 322 g/mol. The van der Waals surface area contributed by atoms with Crippen LogP contribution in [0.3, 0.4) is 0 Å². The number of aromatic nitrogens is 5. The highest BCUT2D eigenvalue weighted by molar-refractivity contribution is 7.09. The summed E-state index contributed by atoms with van der Waals surface area (Å²) in [6.07, 6.45) is 3.73. The average Bonchev–Trinajstić information content (AvgIpc) is 2.98. The van der Waals surface area contributed by atoms with E-state index in [0.29, 0.717) is 0 Å². The van der Waals surface area contributed by atoms with Gasteiger partial charge in [-0.3, -0.25) is 0 Å². The second-order valence-corrected chi connectivity index (χ2v) is 6.62. The molecule has 8 heteroatoms. The molecule has 0 spiro atoms. The van der Waals surface area contributed by atoms with Gasteiger partial charge in [0, 0.05) is 44.1 Å². The molecule has 3 rings (SSSR count). The number of rotatable bonds is 5. The SMILES string of the molecule is CCc1nsc(N2CCCN(c3nnc(CC)c(CC)n3)CC2)n1. The first-order valence-electron chi connectivity index (χ1n) is 8.80. The Balaban J connectivity index is 1.71. The molecule has 3 heterocycles. The van der Waals surface area contributed by atoms with E-state index in [2.05, 4.69) is 50.1 Å². The summed E-state index contributed by atoms with van der Waals surface area (Å²) in [4.78, 5) is 13.9. The molecule has 0 unspecified atom stereocenters. The fourth-order valence-corrected chi connectivity index (χ4v) is 3.69. The van der Waals surface area contributed by atoms with E-state index in [0.717, 1.165) is 80.2 Å². The Kier molecular flexibility index (Phi) is 5.55. The molecule has 0 amide bonds. The van der Waals surface area contributed by atoms with Gasteiger partial charge in [0.1, 0.15) is 5.82 Å². The molecule has 0 bridgehead atoms. The summed E-state index contributed by atoms with van der Waals surface area (Å²) in [5.41, 5.74) is 2.08. The Morgan fingerprint density at radius 2 is 1.58 bits per heavy atom. The van der Waals surface area contributed by atoms with Gasteiger partial charge in [0.2, 0.25) is 11.1 Å². The predicted octanol–water partition coefficient (Wildman–Crippen LogP) is 2.13. The van der Waals surface area contributed by atoms with E-state index < -0.39 is 0 Å². The van der Waals surface area contributed by atoms with Crippen LogP contribution in [-0.4, -0.2) is 50.7 Å². The van der Waals surface area contributed by atoms with Crippen molar-refractivity contribution in [3.8, 4) is 0 Å². The Morgan fingerprint density at radius 3 is 2.29 bits per heavy atom. The molecule has 0 radical (unpaired) electrons. The molecule has 130 valence electrons. The number of hydrogen-bond donors (Lipinski definition) is 0. The van der Waals surface area contributed by atoms with Crippen molar-refractivity contribution < 1.29 is 0 Å². The normalized spacial score (nSPS) is 15.6. The van der Waals surface area contributed by atoms with Crippen LogP contribution < -0.4 is 9.80 Å². The fourth-order valence-electron chi connectivity index (χ4n) is 2.89. The highest BCUT2D eigenvalue weighted by Gasteiger charge is 2.20. The van der Waals surface area contributed by atoms with Gasteiger partial charge in [-0.05, 0) is 19.3 Å². The summed E-state index contributed by atoms with van der Waals surface area (Å²) >= 11 is 1.50. The summed E-state index contributed by atoms with van der Waals surface area (Å²) < 4.78 is 4.40. The van der Waals surface area contributed by atoms with Gasteiger partial charge < -0.3 is 9.80 Å². The van der Waals surface area contributed by atoms with Crippen molar-refractivity contribution in [2.45, 2.75) is 46.5 Å². The Hall–Kier alpha value is -1.83. The Labute approximate surface area is 147 Å². The molecule has 2 aromatic rings. The minimum atomic E-state index is 0.761. The topological polar surface area (TPSA) is 70.9 Å². The second kappa shape index (κ2) is 7.83. The van der Waals surface area contributed by atoms with E-state index >= 15 is 0 Å². The summed E-state index contributed by atoms with van der Waals surface area (Å²) in [5.74, 6) is 1.70. The molecular formula is C16H25N7S. The summed E-state index contributed by atoms with van der Waals surface area (Å²) in [6.45, 7) is 10.1. The van der Waals surface area contributed by atoms with Crippen LogP contribution in [0.2, 0.25) is 0 Å². The maximum absolute atomic E-state index is 4.75. The molecule has 1 aliphatic rings. The molecule has 0 aromatic carbocycles. The van der Waals surface area contributed by atoms with Gasteiger partial charge in [-0.1, -0.05) is 20.8 Å². The lowest BCUT2D eigenvalue weighted by Crippen LogP contribution is -2.32. The van der Waals surface area contributed by atoms with Crippen molar-refractivity contribution in [1.82, 2.24) is 24.5 Å². The zero-order chi connectivity index (χ0) is 16.9. The van der Waals surface area contributed by atoms with E-state index in [4.69, 9.17) is 4.98 Å². The largest absolute Gasteiger partial charge is 0.345 e. The minimum Gasteiger partial charge on any atom is -0.345 e. The predicted molar refractivity (Wildman–Crippen MR) is 96.9 cm³/mol. The molecule has 1 saturated heterocycles. The first-order chi connectivity index (χ1) is 11.7. The van der Waals surface area contributed by atoms with Gasteiger partial charge in [0.15, 0.2) is 0 Å². The van der Waals surface area contributed by atoms with Gasteiger partial charge in [0.25, 0.3) is 0 Å². The van der Waals surface area contributed by atoms with Gasteiger partial charge >= 0.3 is 0 Å². The van der Waals surface area contributed by atoms with Gasteiger partial charge in [-0.15, -0.1) is 5.10 Å². The molecule has 1 fully saturated rings. The third-order valence-corrected chi connectivity index (χ3v) is 5.14. The van der Waals surface area contributed by atoms with Crippen LogP contribution in [0.15, 0.2) is 0 Å². The van der Waals surface area contributed by atoms with Gasteiger partial charge in [-0.25, -0.2) is 9.97 Å². The van der Waals surface area contributed by atoms with Crippen molar-refractivity contribution in [2.24, 2.45) is 0 Å². The number of aryl methyl sites for hydroxylation is 3. The summed E-state index contributed by atoms with van der Waals surface area (Å²) in [5, 5.41) is 9.77. The second-order valence-electron chi connectivity index (χ2n) is 5.89. The van der Waals surface area contributed by atoms with Gasteiger partial charge in [-0.2, -0.15) is 9.47 Å². The van der Waals surface area contributed by atoms with E-state index in [1.165, 1.54) is 11.5 Å². The quantitative estimate of drug-likeness (QED) is 0.820. The first kappa shape index (κ1) is 17.0. The monoisotopic (exact) mass is 347 g/mol. The molecule has 0 saturated carbocycles. The smallest absolute Gasteiger partial charge is 0.245 e. The van der Waals surface area contributed by atoms with Crippen LogP contribution in [0, 0.1) is 0 Å². The zero-order valence-corrected chi connectivity index (χ0v) is 15.5. The number of anilines is 2. The molecule has 0 atom stereocenters. The van der Waals surface area contributed by atoms with Crippen molar-refractivity contribution >= 4 is 22.6 Å². The lowest BCUT2D eigenvalue weighted by atomic mass is 10.2. The third-order valence-electron chi connectivity index (χ3n) is 4.32. The van der Waals surface area contributed by atoms with E-state index in [1.807, 2.05) is 0 Å². The standard InChI is InChI=1S/C16H25N7S/c1-4-12-13(5-2)19-20-15(17-12)22-8-7-9-23(11-10-22)16-18-14(6-3)21-24-16/h4-11H2,1-3H3. The molecule has 0 N–H and O–H groups in total. The van der Waals surface area contributed by atoms with Gasteiger partial charge in [0.05, 0.1) is 11.4 Å². The molecule has 24 heavy (non-hydrogen) atoms. The third kappa shape index (κ3) is 3.63. The van der Waals surface area contributed by atoms with Crippen LogP contribution >= 0.6 is 11.5 Å². The molecule has 2 aromatic heterocycles. The fraction of sp³-hybridized carbons (Fsp3) is 0.688. The van der Waals surface area contributed by atoms with Crippen LogP contribution in [0.1, 0.15) is 44.4 Å². The first-order valence-corrected chi connectivity index (χ1v) is 9.57. The Bertz CT molecular complexity index is 672. The van der Waals surface area contributed by atoms with E-state index in [1.54, 1.807) is 0 Å². The van der Waals surface area contributed by atoms with E-state index in [9.17, 15) is 0 Å². The van der Waals surface area contributed by atoms with Crippen molar-refractivity contribution in [1.29, 1.82) is 0 Å². The lowest BCUT2D eigenvalue weighted by molar-refractivity contribution is 0.735. The molecule has 1 aliphatic heterocycles. The van der Waals surface area contributed by atoms with Crippen LogP contribution in [0.5, 0.6) is 0 Å². The lowest BCUT2D eigenvalue weighted by Gasteiger charge is -2.21. The average molecular weight is 347 g/mol. The van der Waals surface area contributed by atoms with Crippen molar-refractivity contribution in [3.05, 3.63) is 17.2 Å². The van der Waals surface area contributed by atoms with Crippen molar-refractivity contribution in [2.75, 3.05) is 36.0 Å². The highest BCUT2D eigenvalue weighted by atomic mass is 32.1. The minimum absolute atomic E-state index is 0.761. The summed E-state index contributed by atoms with van der Waals surface area (Å²) in [6, 6.07) is 0. The molecule has 7 nitrogen and oxygen atoms in total. The zero-order valence-electron chi connectivity index (χ0n) is 14.7. The molecule has 0 aliphatic carbocycles. The van der Waals surface area contributed by atoms with E-state index in [-0.39, 0.29) is 0 Å². The van der Waals surface area contributed by atoms with Crippen LogP contribution in [0.4, 0.5) is 11.1 Å². The van der Waals surface area contributed by atoms with Crippen molar-refractivity contribution in [3.63, 3.8) is 0 Å². The highest BCUT2D eigenvalue weighted by Crippen LogP contribution is 2.20. The van der Waals surface area contributed by atoms with Crippen LogP contribution in [-0.2, 0) is 19.3 Å². The number of hydrogen-bond acceptors (Lipinski definition) is 8. The number of nitrogens with zero attached hydrogens (tertiary/aromatic N) is 7. The maximum Gasteiger partial charge on any atom is 0.245 e. The maximum atomic E-state index is 4.75. The van der Waals surface area contributed by atoms with Crippen LogP contribution in [0.25, 0.3) is 0 Å².